The Kier molecular flexibility index (Phi) is 10.7. The molecule has 41 heavy (non-hydrogen) atoms. The maximum absolute atomic E-state index is 13.5. The first-order valence-corrected chi connectivity index (χ1v) is 11.4. The number of ether oxygens (including phenoxy) is 2. The lowest BCUT2D eigenvalue weighted by atomic mass is 10.0. The lowest BCUT2D eigenvalue weighted by Crippen LogP contribution is -2.32. The van der Waals surface area contributed by atoms with E-state index < -0.39 is 57.3 Å². The maximum atomic E-state index is 13.5. The minimum atomic E-state index is -5.36. The first-order chi connectivity index (χ1) is 19.1. The number of carbonyl (C=O) groups is 3. The second-order valence-electron chi connectivity index (χ2n) is 8.12. The predicted octanol–water partition coefficient (Wildman–Crippen LogP) is 5.27. The Morgan fingerprint density at radius 1 is 0.976 bits per heavy atom. The van der Waals surface area contributed by atoms with Crippen LogP contribution in [0, 0.1) is 10.1 Å². The number of aliphatic hydroxyl groups is 1. The van der Waals surface area contributed by atoms with Gasteiger partial charge < -0.3 is 24.6 Å². The van der Waals surface area contributed by atoms with Gasteiger partial charge in [-0.3, -0.25) is 10.1 Å². The summed E-state index contributed by atoms with van der Waals surface area (Å²) in [6.45, 7) is 7.94. The molecule has 0 aliphatic heterocycles. The van der Waals surface area contributed by atoms with Gasteiger partial charge in [0.15, 0.2) is 5.76 Å². The smallest absolute Gasteiger partial charge is 0.423 e. The molecule has 2 aromatic rings. The molecule has 0 saturated heterocycles. The zero-order valence-electron chi connectivity index (χ0n) is 21.4. The summed E-state index contributed by atoms with van der Waals surface area (Å²) in [5.41, 5.74) is -4.83. The first kappa shape index (κ1) is 31.9. The van der Waals surface area contributed by atoms with Crippen molar-refractivity contribution in [2.24, 2.45) is 10.2 Å². The summed E-state index contributed by atoms with van der Waals surface area (Å²) >= 11 is 0. The summed E-state index contributed by atoms with van der Waals surface area (Å²) in [4.78, 5) is 46.1. The Hall–Kier alpha value is -5.28. The number of benzene rings is 2. The van der Waals surface area contributed by atoms with Crippen molar-refractivity contribution in [1.82, 2.24) is 0 Å². The van der Waals surface area contributed by atoms with Crippen LogP contribution in [-0.2, 0) is 25.2 Å². The van der Waals surface area contributed by atoms with Crippen LogP contribution in [0.2, 0.25) is 0 Å². The van der Waals surface area contributed by atoms with Crippen LogP contribution in [0.5, 0.6) is 0 Å². The lowest BCUT2D eigenvalue weighted by Gasteiger charge is -2.24. The van der Waals surface area contributed by atoms with E-state index in [0.717, 1.165) is 6.07 Å². The average Bonchev–Trinajstić information content (AvgIpc) is 2.89. The van der Waals surface area contributed by atoms with Crippen LogP contribution in [0.1, 0.15) is 22.8 Å². The highest BCUT2D eigenvalue weighted by Gasteiger charge is 2.44. The minimum Gasteiger partial charge on any atom is -0.502 e. The molecule has 0 radical (unpaired) electrons. The molecule has 2 rings (SSSR count). The Morgan fingerprint density at radius 2 is 1.54 bits per heavy atom. The van der Waals surface area contributed by atoms with Crippen LogP contribution >= 0.6 is 0 Å². The standard InChI is InChI=1S/C25H23F3N4O9/c1-14(2)23(36)40-12-10-31(11-13-41-24(37)15(3)33)17-6-4-16(5-7-17)29-30-18-8-9-19(32(38)39)21(25(26,27)28)20(18)22(34)35/h4-9,33H,1,3,10-13H2,2H3,(H,34,35). The fourth-order valence-corrected chi connectivity index (χ4v) is 3.23. The molecule has 0 bridgehead atoms. The Bertz CT molecular complexity index is 1360. The summed E-state index contributed by atoms with van der Waals surface area (Å²) in [6.07, 6.45) is -5.36. The number of aliphatic hydroxyl groups excluding tert-OH is 1. The number of nitro groups is 1. The second kappa shape index (κ2) is 13.7. The van der Waals surface area contributed by atoms with E-state index in [0.29, 0.717) is 11.8 Å². The number of carboxylic acids is 1. The molecule has 2 N–H and O–H groups in total. The van der Waals surface area contributed by atoms with Gasteiger partial charge in [-0.1, -0.05) is 6.58 Å². The summed E-state index contributed by atoms with van der Waals surface area (Å²) < 4.78 is 50.5. The van der Waals surface area contributed by atoms with E-state index >= 15 is 0 Å². The van der Waals surface area contributed by atoms with Crippen LogP contribution in [-0.4, -0.2) is 59.3 Å². The van der Waals surface area contributed by atoms with Gasteiger partial charge in [0.25, 0.3) is 5.69 Å². The van der Waals surface area contributed by atoms with Gasteiger partial charge in [0.2, 0.25) is 0 Å². The van der Waals surface area contributed by atoms with E-state index in [9.17, 15) is 42.8 Å². The maximum Gasteiger partial charge on any atom is 0.423 e. The molecule has 2 aromatic carbocycles. The molecular weight excluding hydrogens is 557 g/mol. The number of rotatable bonds is 13. The number of esters is 2. The van der Waals surface area contributed by atoms with E-state index in [1.807, 2.05) is 0 Å². The van der Waals surface area contributed by atoms with Crippen LogP contribution < -0.4 is 4.90 Å². The molecule has 0 atom stereocenters. The number of alkyl halides is 3. The number of azo groups is 1. The van der Waals surface area contributed by atoms with Crippen LogP contribution in [0.4, 0.5) is 35.9 Å². The molecule has 16 heteroatoms. The number of nitrogens with zero attached hydrogens (tertiary/aromatic N) is 4. The topological polar surface area (TPSA) is 181 Å². The van der Waals surface area contributed by atoms with Crippen LogP contribution in [0.15, 0.2) is 71.1 Å². The van der Waals surface area contributed by atoms with Crippen molar-refractivity contribution in [3.63, 3.8) is 0 Å². The largest absolute Gasteiger partial charge is 0.502 e. The number of nitro benzene ring substituents is 1. The van der Waals surface area contributed by atoms with E-state index in [-0.39, 0.29) is 37.6 Å². The van der Waals surface area contributed by atoms with Crippen molar-refractivity contribution in [2.45, 2.75) is 13.1 Å². The van der Waals surface area contributed by atoms with Gasteiger partial charge in [-0.2, -0.15) is 18.3 Å². The summed E-state index contributed by atoms with van der Waals surface area (Å²) in [7, 11) is 0. The van der Waals surface area contributed by atoms with Crippen molar-refractivity contribution >= 4 is 40.7 Å². The van der Waals surface area contributed by atoms with E-state index in [1.54, 1.807) is 4.90 Å². The zero-order valence-corrected chi connectivity index (χ0v) is 21.4. The number of halogens is 3. The van der Waals surface area contributed by atoms with E-state index in [2.05, 4.69) is 23.4 Å². The number of aromatic carboxylic acids is 1. The number of carbonyl (C=O) groups excluding carboxylic acids is 2. The summed E-state index contributed by atoms with van der Waals surface area (Å²) in [6, 6.07) is 6.98. The quantitative estimate of drug-likeness (QED) is 0.0791. The fourth-order valence-electron chi connectivity index (χ4n) is 3.23. The molecular formula is C25H23F3N4O9. The molecule has 218 valence electrons. The molecule has 0 spiro atoms. The zero-order chi connectivity index (χ0) is 30.9. The molecule has 0 heterocycles. The van der Waals surface area contributed by atoms with E-state index in [1.165, 1.54) is 31.2 Å². The molecule has 0 aliphatic rings. The lowest BCUT2D eigenvalue weighted by molar-refractivity contribution is -0.388. The van der Waals surface area contributed by atoms with Gasteiger partial charge in [-0.15, -0.1) is 5.11 Å². The van der Waals surface area contributed by atoms with Gasteiger partial charge in [0, 0.05) is 17.3 Å². The fraction of sp³-hybridized carbons (Fsp3) is 0.240. The highest BCUT2D eigenvalue weighted by molar-refractivity contribution is 5.96. The van der Waals surface area contributed by atoms with Gasteiger partial charge in [-0.25, -0.2) is 14.4 Å². The normalized spacial score (nSPS) is 11.1. The molecule has 0 saturated carbocycles. The molecule has 13 nitrogen and oxygen atoms in total. The number of hydrogen-bond acceptors (Lipinski definition) is 11. The molecule has 0 aromatic heterocycles. The van der Waals surface area contributed by atoms with Gasteiger partial charge in [0.05, 0.1) is 23.7 Å². The summed E-state index contributed by atoms with van der Waals surface area (Å²) in [5, 5.41) is 36.8. The average molecular weight is 580 g/mol. The molecule has 0 fully saturated rings. The third-order valence-corrected chi connectivity index (χ3v) is 5.12. The number of carboxylic acid groups (broad SMARTS) is 1. The minimum absolute atomic E-state index is 0.0759. The highest BCUT2D eigenvalue weighted by Crippen LogP contribution is 2.42. The predicted molar refractivity (Wildman–Crippen MR) is 136 cm³/mol. The molecule has 0 unspecified atom stereocenters. The number of hydrogen-bond donors (Lipinski definition) is 2. The van der Waals surface area contributed by atoms with Crippen molar-refractivity contribution in [3.8, 4) is 0 Å². The van der Waals surface area contributed by atoms with Crippen molar-refractivity contribution < 1.29 is 52.2 Å². The van der Waals surface area contributed by atoms with Gasteiger partial charge in [-0.05, 0) is 43.8 Å². The Morgan fingerprint density at radius 3 is 2.00 bits per heavy atom. The number of anilines is 1. The van der Waals surface area contributed by atoms with Crippen LogP contribution in [0.3, 0.4) is 0 Å². The van der Waals surface area contributed by atoms with Crippen molar-refractivity contribution in [3.05, 3.63) is 82.1 Å². The monoisotopic (exact) mass is 580 g/mol. The highest BCUT2D eigenvalue weighted by atomic mass is 19.4. The van der Waals surface area contributed by atoms with Crippen molar-refractivity contribution in [2.75, 3.05) is 31.2 Å². The van der Waals surface area contributed by atoms with E-state index in [4.69, 9.17) is 14.6 Å². The second-order valence-corrected chi connectivity index (χ2v) is 8.12. The SMILES string of the molecule is C=C(C)C(=O)OCCN(CCOC(=O)C(=C)O)c1ccc(N=Nc2ccc([N+](=O)[O-])c(C(F)(F)F)c2C(=O)O)cc1. The Labute approximate surface area is 230 Å². The van der Waals surface area contributed by atoms with Crippen LogP contribution in [0.25, 0.3) is 0 Å². The van der Waals surface area contributed by atoms with Gasteiger partial charge in [0.1, 0.15) is 30.0 Å². The molecule has 0 aliphatic carbocycles. The first-order valence-electron chi connectivity index (χ1n) is 11.4. The van der Waals surface area contributed by atoms with Crippen molar-refractivity contribution in [1.29, 1.82) is 0 Å². The Balaban J connectivity index is 2.32. The summed E-state index contributed by atoms with van der Waals surface area (Å²) in [5.74, 6) is -4.53. The molecule has 0 amide bonds. The third kappa shape index (κ3) is 8.87. The van der Waals surface area contributed by atoms with Gasteiger partial charge >= 0.3 is 24.1 Å². The third-order valence-electron chi connectivity index (χ3n) is 5.12.